The molecule has 0 saturated carbocycles. The molecule has 17 heavy (non-hydrogen) atoms. The van der Waals surface area contributed by atoms with Gasteiger partial charge in [0.2, 0.25) is 0 Å². The molecule has 0 radical (unpaired) electrons. The van der Waals surface area contributed by atoms with Gasteiger partial charge in [-0.25, -0.2) is 4.98 Å². The molecule has 1 rings (SSSR count). The number of thiazole rings is 1. The summed E-state index contributed by atoms with van der Waals surface area (Å²) in [6, 6.07) is 0.412. The van der Waals surface area contributed by atoms with Crippen molar-refractivity contribution >= 4 is 11.3 Å². The zero-order valence-electron chi connectivity index (χ0n) is 11.8. The molecule has 1 aromatic rings. The van der Waals surface area contributed by atoms with Gasteiger partial charge in [0, 0.05) is 18.0 Å². The molecule has 1 heterocycles. The minimum absolute atomic E-state index is 0.146. The van der Waals surface area contributed by atoms with Crippen LogP contribution in [0.1, 0.15) is 42.8 Å². The first kappa shape index (κ1) is 14.6. The molecule has 1 aromatic heterocycles. The number of aromatic nitrogens is 1. The van der Waals surface area contributed by atoms with E-state index in [-0.39, 0.29) is 5.54 Å². The summed E-state index contributed by atoms with van der Waals surface area (Å²) < 4.78 is 5.41. The molecule has 0 aromatic carbocycles. The van der Waals surface area contributed by atoms with Gasteiger partial charge in [-0.2, -0.15) is 0 Å². The van der Waals surface area contributed by atoms with Gasteiger partial charge in [0.1, 0.15) is 5.01 Å². The molecule has 4 heteroatoms. The lowest BCUT2D eigenvalue weighted by atomic mass is 9.97. The Labute approximate surface area is 109 Å². The van der Waals surface area contributed by atoms with E-state index >= 15 is 0 Å². The predicted octanol–water partition coefficient (Wildman–Crippen LogP) is 3.01. The molecule has 0 fully saturated rings. The highest BCUT2D eigenvalue weighted by molar-refractivity contribution is 7.11. The fourth-order valence-corrected chi connectivity index (χ4v) is 3.12. The van der Waals surface area contributed by atoms with Crippen LogP contribution < -0.4 is 5.32 Å². The van der Waals surface area contributed by atoms with Gasteiger partial charge in [0.05, 0.1) is 17.8 Å². The standard InChI is InChI=1S/C13H24N2OS/c1-7-13(8-16-6,15-9(2)3)12-14-10(4)11(5)17-12/h9,15H,7-8H2,1-6H3. The number of rotatable bonds is 6. The Hall–Kier alpha value is -0.450. The number of aryl methyl sites for hydroxylation is 2. The number of methoxy groups -OCH3 is 1. The molecule has 0 bridgehead atoms. The van der Waals surface area contributed by atoms with E-state index in [4.69, 9.17) is 9.72 Å². The van der Waals surface area contributed by atoms with Crippen LogP contribution >= 0.6 is 11.3 Å². The fraction of sp³-hybridized carbons (Fsp3) is 0.769. The molecule has 0 amide bonds. The van der Waals surface area contributed by atoms with Gasteiger partial charge in [-0.1, -0.05) is 6.92 Å². The van der Waals surface area contributed by atoms with E-state index in [2.05, 4.69) is 39.9 Å². The van der Waals surface area contributed by atoms with Crippen LogP contribution in [0.2, 0.25) is 0 Å². The molecular weight excluding hydrogens is 232 g/mol. The van der Waals surface area contributed by atoms with Crippen molar-refractivity contribution in [1.29, 1.82) is 0 Å². The Morgan fingerprint density at radius 1 is 1.41 bits per heavy atom. The second-order valence-electron chi connectivity index (χ2n) is 4.83. The highest BCUT2D eigenvalue weighted by Crippen LogP contribution is 2.31. The Morgan fingerprint density at radius 3 is 2.41 bits per heavy atom. The van der Waals surface area contributed by atoms with Gasteiger partial charge in [0.15, 0.2) is 0 Å². The van der Waals surface area contributed by atoms with Crippen molar-refractivity contribution in [2.24, 2.45) is 0 Å². The van der Waals surface area contributed by atoms with E-state index in [0.717, 1.165) is 17.1 Å². The van der Waals surface area contributed by atoms with Crippen molar-refractivity contribution in [3.8, 4) is 0 Å². The van der Waals surface area contributed by atoms with E-state index in [9.17, 15) is 0 Å². The minimum atomic E-state index is -0.146. The van der Waals surface area contributed by atoms with E-state index < -0.39 is 0 Å². The van der Waals surface area contributed by atoms with Gasteiger partial charge in [-0.05, 0) is 34.1 Å². The van der Waals surface area contributed by atoms with Crippen molar-refractivity contribution in [1.82, 2.24) is 10.3 Å². The van der Waals surface area contributed by atoms with Gasteiger partial charge >= 0.3 is 0 Å². The molecule has 1 atom stereocenters. The van der Waals surface area contributed by atoms with Crippen molar-refractivity contribution in [2.75, 3.05) is 13.7 Å². The fourth-order valence-electron chi connectivity index (χ4n) is 2.00. The number of ether oxygens (including phenoxy) is 1. The summed E-state index contributed by atoms with van der Waals surface area (Å²) in [5, 5.41) is 4.77. The molecular formula is C13H24N2OS. The lowest BCUT2D eigenvalue weighted by molar-refractivity contribution is 0.0981. The first-order chi connectivity index (χ1) is 7.95. The lowest BCUT2D eigenvalue weighted by Gasteiger charge is -2.33. The first-order valence-electron chi connectivity index (χ1n) is 6.16. The summed E-state index contributed by atoms with van der Waals surface area (Å²) in [6.07, 6.45) is 0.978. The second-order valence-corrected chi connectivity index (χ2v) is 6.03. The largest absolute Gasteiger partial charge is 0.382 e. The first-order valence-corrected chi connectivity index (χ1v) is 6.98. The quantitative estimate of drug-likeness (QED) is 0.849. The molecule has 1 unspecified atom stereocenters. The van der Waals surface area contributed by atoms with Crippen LogP contribution in [-0.2, 0) is 10.3 Å². The van der Waals surface area contributed by atoms with E-state index in [1.165, 1.54) is 4.88 Å². The molecule has 1 N–H and O–H groups in total. The Bertz CT molecular complexity index is 343. The molecule has 0 aliphatic carbocycles. The second kappa shape index (κ2) is 5.94. The predicted molar refractivity (Wildman–Crippen MR) is 73.7 cm³/mol. The molecule has 98 valence electrons. The van der Waals surface area contributed by atoms with Crippen LogP contribution in [0.3, 0.4) is 0 Å². The average Bonchev–Trinajstić information content (AvgIpc) is 2.58. The monoisotopic (exact) mass is 256 g/mol. The van der Waals surface area contributed by atoms with Gasteiger partial charge < -0.3 is 10.1 Å². The third kappa shape index (κ3) is 3.27. The summed E-state index contributed by atoms with van der Waals surface area (Å²) in [5.41, 5.74) is 0.983. The maximum absolute atomic E-state index is 5.41. The summed E-state index contributed by atoms with van der Waals surface area (Å²) in [6.45, 7) is 11.4. The van der Waals surface area contributed by atoms with E-state index in [1.807, 2.05) is 0 Å². The molecule has 0 spiro atoms. The highest BCUT2D eigenvalue weighted by atomic mass is 32.1. The van der Waals surface area contributed by atoms with Crippen molar-refractivity contribution in [3.63, 3.8) is 0 Å². The number of nitrogens with one attached hydrogen (secondary N) is 1. The Balaban J connectivity index is 3.11. The van der Waals surface area contributed by atoms with Crippen LogP contribution in [0.15, 0.2) is 0 Å². The SMILES string of the molecule is CCC(COC)(NC(C)C)c1nc(C)c(C)s1. The third-order valence-electron chi connectivity index (χ3n) is 3.00. The maximum atomic E-state index is 5.41. The molecule has 3 nitrogen and oxygen atoms in total. The zero-order chi connectivity index (χ0) is 13.1. The topological polar surface area (TPSA) is 34.1 Å². The summed E-state index contributed by atoms with van der Waals surface area (Å²) in [5.74, 6) is 0. The van der Waals surface area contributed by atoms with Crippen molar-refractivity contribution in [2.45, 2.75) is 52.6 Å². The highest BCUT2D eigenvalue weighted by Gasteiger charge is 2.34. The van der Waals surface area contributed by atoms with Crippen LogP contribution in [0, 0.1) is 13.8 Å². The third-order valence-corrected chi connectivity index (χ3v) is 4.27. The number of hydrogen-bond donors (Lipinski definition) is 1. The molecule has 0 aliphatic rings. The Kier molecular flexibility index (Phi) is 5.10. The summed E-state index contributed by atoms with van der Waals surface area (Å²) in [4.78, 5) is 5.99. The van der Waals surface area contributed by atoms with Crippen LogP contribution in [0.25, 0.3) is 0 Å². The zero-order valence-corrected chi connectivity index (χ0v) is 12.6. The van der Waals surface area contributed by atoms with Crippen molar-refractivity contribution < 1.29 is 4.74 Å². The molecule has 0 saturated heterocycles. The molecule has 0 aliphatic heterocycles. The normalized spacial score (nSPS) is 15.2. The summed E-state index contributed by atoms with van der Waals surface area (Å²) in [7, 11) is 1.75. The van der Waals surface area contributed by atoms with Gasteiger partial charge in [-0.3, -0.25) is 0 Å². The van der Waals surface area contributed by atoms with Crippen LogP contribution in [0.4, 0.5) is 0 Å². The average molecular weight is 256 g/mol. The maximum Gasteiger partial charge on any atom is 0.116 e. The van der Waals surface area contributed by atoms with Crippen molar-refractivity contribution in [3.05, 3.63) is 15.6 Å². The van der Waals surface area contributed by atoms with Gasteiger partial charge in [-0.15, -0.1) is 11.3 Å². The summed E-state index contributed by atoms with van der Waals surface area (Å²) >= 11 is 1.77. The number of hydrogen-bond acceptors (Lipinski definition) is 4. The lowest BCUT2D eigenvalue weighted by Crippen LogP contribution is -2.48. The van der Waals surface area contributed by atoms with Gasteiger partial charge in [0.25, 0.3) is 0 Å². The number of nitrogens with zero attached hydrogens (tertiary/aromatic N) is 1. The van der Waals surface area contributed by atoms with E-state index in [0.29, 0.717) is 12.6 Å². The minimum Gasteiger partial charge on any atom is -0.382 e. The Morgan fingerprint density at radius 2 is 2.06 bits per heavy atom. The van der Waals surface area contributed by atoms with Crippen LogP contribution in [0.5, 0.6) is 0 Å². The van der Waals surface area contributed by atoms with E-state index in [1.54, 1.807) is 18.4 Å². The van der Waals surface area contributed by atoms with Crippen LogP contribution in [-0.4, -0.2) is 24.7 Å². The smallest absolute Gasteiger partial charge is 0.116 e.